The summed E-state index contributed by atoms with van der Waals surface area (Å²) in [7, 11) is 1.59. The Balaban J connectivity index is 1.41. The zero-order chi connectivity index (χ0) is 23.4. The van der Waals surface area contributed by atoms with Gasteiger partial charge in [0.15, 0.2) is 0 Å². The van der Waals surface area contributed by atoms with Crippen LogP contribution < -0.4 is 10.1 Å². The van der Waals surface area contributed by atoms with E-state index in [9.17, 15) is 14.4 Å². The molecule has 0 aromatic heterocycles. The first-order chi connectivity index (χ1) is 16.0. The Morgan fingerprint density at radius 2 is 1.85 bits per heavy atom. The number of amides is 2. The van der Waals surface area contributed by atoms with Crippen molar-refractivity contribution in [3.05, 3.63) is 77.0 Å². The van der Waals surface area contributed by atoms with Crippen molar-refractivity contribution < 1.29 is 23.9 Å². The van der Waals surface area contributed by atoms with Crippen LogP contribution >= 0.6 is 34.4 Å². The second kappa shape index (κ2) is 10.6. The minimum Gasteiger partial charge on any atom is -0.497 e. The van der Waals surface area contributed by atoms with E-state index in [1.165, 1.54) is 4.90 Å². The zero-order valence-electron chi connectivity index (χ0n) is 18.0. The summed E-state index contributed by atoms with van der Waals surface area (Å²) in [4.78, 5) is 39.9. The van der Waals surface area contributed by atoms with E-state index < -0.39 is 12.0 Å². The third-order valence-electron chi connectivity index (χ3n) is 5.45. The molecule has 2 atom stereocenters. The molecule has 4 rings (SSSR count). The Morgan fingerprint density at radius 3 is 2.52 bits per heavy atom. The largest absolute Gasteiger partial charge is 0.497 e. The average molecular weight is 578 g/mol. The SMILES string of the molecule is COc1ccc(COC(=O)C2=C(CI)CS[C@H]3C(NC(=O)Cc4ccccc4)C(=O)N23)cc1. The van der Waals surface area contributed by atoms with E-state index in [-0.39, 0.29) is 30.2 Å². The van der Waals surface area contributed by atoms with Gasteiger partial charge in [-0.2, -0.15) is 0 Å². The molecular weight excluding hydrogens is 555 g/mol. The van der Waals surface area contributed by atoms with Crippen molar-refractivity contribution in [1.82, 2.24) is 10.2 Å². The van der Waals surface area contributed by atoms with Gasteiger partial charge in [0, 0.05) is 10.2 Å². The Kier molecular flexibility index (Phi) is 7.59. The molecule has 172 valence electrons. The van der Waals surface area contributed by atoms with Crippen molar-refractivity contribution in [3.63, 3.8) is 0 Å². The number of benzene rings is 2. The lowest BCUT2D eigenvalue weighted by molar-refractivity contribution is -0.153. The smallest absolute Gasteiger partial charge is 0.355 e. The number of thioether (sulfide) groups is 1. The maximum absolute atomic E-state index is 13.0. The molecule has 33 heavy (non-hydrogen) atoms. The molecule has 2 aromatic rings. The van der Waals surface area contributed by atoms with Gasteiger partial charge in [0.1, 0.15) is 29.5 Å². The predicted molar refractivity (Wildman–Crippen MR) is 134 cm³/mol. The molecule has 2 aromatic carbocycles. The number of β-lactam (4-membered cyclic amide) rings is 1. The fourth-order valence-corrected chi connectivity index (χ4v) is 6.06. The van der Waals surface area contributed by atoms with Crippen LogP contribution in [0.2, 0.25) is 0 Å². The number of nitrogens with zero attached hydrogens (tertiary/aromatic N) is 1. The minimum atomic E-state index is -0.647. The highest BCUT2D eigenvalue weighted by Crippen LogP contribution is 2.41. The average Bonchev–Trinajstić information content (AvgIpc) is 2.85. The summed E-state index contributed by atoms with van der Waals surface area (Å²) < 4.78 is 11.3. The lowest BCUT2D eigenvalue weighted by Gasteiger charge is -2.49. The van der Waals surface area contributed by atoms with Crippen molar-refractivity contribution in [3.8, 4) is 5.75 Å². The second-order valence-electron chi connectivity index (χ2n) is 7.63. The molecule has 1 fully saturated rings. The molecule has 1 saturated heterocycles. The molecule has 1 N–H and O–H groups in total. The van der Waals surface area contributed by atoms with E-state index in [2.05, 4.69) is 27.9 Å². The molecule has 0 aliphatic carbocycles. The van der Waals surface area contributed by atoms with Gasteiger partial charge in [0.2, 0.25) is 5.91 Å². The summed E-state index contributed by atoms with van der Waals surface area (Å²) in [5.74, 6) is 0.304. The van der Waals surface area contributed by atoms with Gasteiger partial charge in [-0.25, -0.2) is 4.79 Å². The second-order valence-corrected chi connectivity index (χ2v) is 9.50. The number of carbonyl (C=O) groups excluding carboxylic acids is 3. The number of fused-ring (bicyclic) bond motifs is 1. The number of halogens is 1. The van der Waals surface area contributed by atoms with Gasteiger partial charge in [-0.05, 0) is 28.8 Å². The molecule has 1 unspecified atom stereocenters. The standard InChI is InChI=1S/C24H23IN2O5S/c1-31-18-9-7-16(8-10-18)13-32-24(30)21-17(12-25)14-33-23-20(22(29)27(21)23)26-19(28)11-15-5-3-2-4-6-15/h2-10,20,23H,11-14H2,1H3,(H,26,28)/t20?,23-/m0/s1. The van der Waals surface area contributed by atoms with E-state index in [4.69, 9.17) is 9.47 Å². The van der Waals surface area contributed by atoms with Gasteiger partial charge >= 0.3 is 5.97 Å². The summed E-state index contributed by atoms with van der Waals surface area (Å²) in [6, 6.07) is 16.0. The zero-order valence-corrected chi connectivity index (χ0v) is 20.9. The van der Waals surface area contributed by atoms with E-state index in [1.54, 1.807) is 31.0 Å². The van der Waals surface area contributed by atoms with Gasteiger partial charge in [-0.15, -0.1) is 11.8 Å². The van der Waals surface area contributed by atoms with Gasteiger partial charge in [0.05, 0.1) is 13.5 Å². The van der Waals surface area contributed by atoms with Crippen LogP contribution in [0.15, 0.2) is 65.9 Å². The van der Waals surface area contributed by atoms with Crippen LogP contribution in [0.25, 0.3) is 0 Å². The number of carbonyl (C=O) groups is 3. The fraction of sp³-hybridized carbons (Fsp3) is 0.292. The Morgan fingerprint density at radius 1 is 1.12 bits per heavy atom. The number of alkyl halides is 1. The van der Waals surface area contributed by atoms with E-state index in [0.717, 1.165) is 22.4 Å². The number of methoxy groups -OCH3 is 1. The summed E-state index contributed by atoms with van der Waals surface area (Å²) in [6.45, 7) is 0.0952. The maximum atomic E-state index is 13.0. The highest BCUT2D eigenvalue weighted by molar-refractivity contribution is 14.1. The van der Waals surface area contributed by atoms with Gasteiger partial charge < -0.3 is 14.8 Å². The number of hydrogen-bond donors (Lipinski definition) is 1. The van der Waals surface area contributed by atoms with Crippen LogP contribution in [-0.2, 0) is 32.1 Å². The molecule has 0 bridgehead atoms. The number of esters is 1. The highest BCUT2D eigenvalue weighted by atomic mass is 127. The topological polar surface area (TPSA) is 84.9 Å². The summed E-state index contributed by atoms with van der Waals surface area (Å²) >= 11 is 3.74. The quantitative estimate of drug-likeness (QED) is 0.225. The van der Waals surface area contributed by atoms with Crippen molar-refractivity contribution in [2.45, 2.75) is 24.4 Å². The molecule has 2 aliphatic heterocycles. The molecule has 2 amide bonds. The molecule has 2 heterocycles. The van der Waals surface area contributed by atoms with Gasteiger partial charge in [0.25, 0.3) is 5.91 Å². The van der Waals surface area contributed by atoms with E-state index >= 15 is 0 Å². The van der Waals surface area contributed by atoms with Crippen molar-refractivity contribution >= 4 is 52.1 Å². The number of nitrogens with one attached hydrogen (secondary N) is 1. The Bertz CT molecular complexity index is 1070. The lowest BCUT2D eigenvalue weighted by Crippen LogP contribution is -2.70. The first kappa shape index (κ1) is 23.6. The van der Waals surface area contributed by atoms with E-state index in [1.807, 2.05) is 42.5 Å². The van der Waals surface area contributed by atoms with Crippen LogP contribution in [0, 0.1) is 0 Å². The van der Waals surface area contributed by atoms with Crippen LogP contribution in [0.1, 0.15) is 11.1 Å². The van der Waals surface area contributed by atoms with Gasteiger partial charge in [-0.1, -0.05) is 65.1 Å². The molecule has 0 spiro atoms. The van der Waals surface area contributed by atoms with Crippen LogP contribution in [0.3, 0.4) is 0 Å². The summed E-state index contributed by atoms with van der Waals surface area (Å²) in [6.07, 6.45) is 0.202. The molecule has 7 nitrogen and oxygen atoms in total. The van der Waals surface area contributed by atoms with E-state index in [0.29, 0.717) is 15.9 Å². The van der Waals surface area contributed by atoms with Crippen LogP contribution in [-0.4, -0.2) is 51.4 Å². The molecule has 2 aliphatic rings. The number of hydrogen-bond acceptors (Lipinski definition) is 6. The third-order valence-corrected chi connectivity index (χ3v) is 7.72. The number of ether oxygens (including phenoxy) is 2. The summed E-state index contributed by atoms with van der Waals surface area (Å²) in [5, 5.41) is 2.52. The first-order valence-corrected chi connectivity index (χ1v) is 12.9. The molecule has 9 heteroatoms. The van der Waals surface area contributed by atoms with Gasteiger partial charge in [-0.3, -0.25) is 14.5 Å². The lowest BCUT2D eigenvalue weighted by atomic mass is 10.0. The maximum Gasteiger partial charge on any atom is 0.355 e. The van der Waals surface area contributed by atoms with Crippen LogP contribution in [0.5, 0.6) is 5.75 Å². The molecule has 0 radical (unpaired) electrons. The van der Waals surface area contributed by atoms with Crippen molar-refractivity contribution in [2.75, 3.05) is 17.3 Å². The van der Waals surface area contributed by atoms with Crippen molar-refractivity contribution in [2.24, 2.45) is 0 Å². The highest BCUT2D eigenvalue weighted by Gasteiger charge is 2.54. The summed E-state index contributed by atoms with van der Waals surface area (Å²) in [5.41, 5.74) is 2.87. The molecular formula is C24H23IN2O5S. The first-order valence-electron chi connectivity index (χ1n) is 10.4. The fourth-order valence-electron chi connectivity index (χ4n) is 3.72. The third kappa shape index (κ3) is 5.19. The minimum absolute atomic E-state index is 0.0952. The predicted octanol–water partition coefficient (Wildman–Crippen LogP) is 3.07. The normalized spacial score (nSPS) is 19.5. The Labute approximate surface area is 210 Å². The monoisotopic (exact) mass is 578 g/mol. The molecule has 0 saturated carbocycles. The van der Waals surface area contributed by atoms with Crippen molar-refractivity contribution in [1.29, 1.82) is 0 Å². The van der Waals surface area contributed by atoms with Crippen LogP contribution in [0.4, 0.5) is 0 Å². The number of rotatable bonds is 8. The Hall–Kier alpha value is -2.53.